The van der Waals surface area contributed by atoms with Crippen molar-refractivity contribution in [2.75, 3.05) is 0 Å². The highest BCUT2D eigenvalue weighted by molar-refractivity contribution is 5.94. The highest BCUT2D eigenvalue weighted by Gasteiger charge is 2.34. The number of allylic oxidation sites excluding steroid dienone is 1. The van der Waals surface area contributed by atoms with E-state index in [1.54, 1.807) is 19.9 Å². The van der Waals surface area contributed by atoms with Gasteiger partial charge in [-0.1, -0.05) is 69.0 Å². The minimum absolute atomic E-state index is 0.173. The second-order valence-corrected chi connectivity index (χ2v) is 7.30. The molecular formula is C23H35NO3. The van der Waals surface area contributed by atoms with Crippen molar-refractivity contribution in [1.82, 2.24) is 4.90 Å². The van der Waals surface area contributed by atoms with E-state index < -0.39 is 6.09 Å². The van der Waals surface area contributed by atoms with E-state index in [-0.39, 0.29) is 24.0 Å². The van der Waals surface area contributed by atoms with Crippen molar-refractivity contribution in [2.45, 2.75) is 78.4 Å². The lowest BCUT2D eigenvalue weighted by molar-refractivity contribution is -0.136. The number of unbranched alkanes of at least 4 members (excludes halogenated alkanes) is 3. The molecule has 1 rings (SSSR count). The summed E-state index contributed by atoms with van der Waals surface area (Å²) in [5.41, 5.74) is 0.912. The second-order valence-electron chi connectivity index (χ2n) is 7.30. The van der Waals surface area contributed by atoms with Crippen molar-refractivity contribution < 1.29 is 14.3 Å². The van der Waals surface area contributed by atoms with Gasteiger partial charge in [-0.05, 0) is 39.2 Å². The summed E-state index contributed by atoms with van der Waals surface area (Å²) in [5, 5.41) is 0. The third-order valence-electron chi connectivity index (χ3n) is 4.65. The van der Waals surface area contributed by atoms with Gasteiger partial charge in [-0.3, -0.25) is 4.79 Å². The number of ether oxygens (including phenoxy) is 1. The summed E-state index contributed by atoms with van der Waals surface area (Å²) in [7, 11) is 0. The molecule has 1 unspecified atom stereocenters. The van der Waals surface area contributed by atoms with Gasteiger partial charge in [0.05, 0.1) is 12.1 Å². The molecule has 0 aliphatic carbocycles. The van der Waals surface area contributed by atoms with Crippen molar-refractivity contribution in [3.8, 4) is 0 Å². The van der Waals surface area contributed by atoms with E-state index in [1.807, 2.05) is 37.3 Å². The molecule has 0 saturated carbocycles. The summed E-state index contributed by atoms with van der Waals surface area (Å²) in [4.78, 5) is 27.4. The molecule has 150 valence electrons. The molecule has 0 aromatic heterocycles. The number of imide groups is 1. The van der Waals surface area contributed by atoms with Crippen LogP contribution in [0.15, 0.2) is 43.0 Å². The van der Waals surface area contributed by atoms with Gasteiger partial charge in [0.1, 0.15) is 0 Å². The number of carbonyl (C=O) groups is 2. The van der Waals surface area contributed by atoms with Crippen molar-refractivity contribution in [1.29, 1.82) is 0 Å². The average molecular weight is 374 g/mol. The third-order valence-corrected chi connectivity index (χ3v) is 4.65. The molecule has 0 aliphatic heterocycles. The van der Waals surface area contributed by atoms with Gasteiger partial charge in [0, 0.05) is 5.92 Å². The summed E-state index contributed by atoms with van der Waals surface area (Å²) in [6.07, 6.45) is 6.63. The SMILES string of the molecule is C=CCC(CCCCCC)C(=O)N(C(=O)OC(C)C)[C@H](C)c1ccccc1. The Balaban J connectivity index is 3.04. The van der Waals surface area contributed by atoms with E-state index in [2.05, 4.69) is 13.5 Å². The zero-order valence-electron chi connectivity index (χ0n) is 17.3. The Labute approximate surface area is 164 Å². The predicted octanol–water partition coefficient (Wildman–Crippen LogP) is 6.28. The van der Waals surface area contributed by atoms with Gasteiger partial charge >= 0.3 is 6.09 Å². The van der Waals surface area contributed by atoms with Crippen LogP contribution in [0.1, 0.15) is 77.8 Å². The maximum absolute atomic E-state index is 13.3. The Morgan fingerprint density at radius 1 is 1.11 bits per heavy atom. The topological polar surface area (TPSA) is 46.6 Å². The number of rotatable bonds is 11. The van der Waals surface area contributed by atoms with Gasteiger partial charge in [-0.25, -0.2) is 9.69 Å². The lowest BCUT2D eigenvalue weighted by Crippen LogP contribution is -2.43. The molecule has 4 heteroatoms. The van der Waals surface area contributed by atoms with Gasteiger partial charge in [0.15, 0.2) is 0 Å². The molecular weight excluding hydrogens is 338 g/mol. The lowest BCUT2D eigenvalue weighted by Gasteiger charge is -2.31. The van der Waals surface area contributed by atoms with E-state index >= 15 is 0 Å². The first-order valence-corrected chi connectivity index (χ1v) is 10.1. The van der Waals surface area contributed by atoms with E-state index in [1.165, 1.54) is 4.90 Å². The Kier molecular flexibility index (Phi) is 10.5. The summed E-state index contributed by atoms with van der Waals surface area (Å²) in [6, 6.07) is 9.22. The number of nitrogens with zero attached hydrogens (tertiary/aromatic N) is 1. The molecule has 0 saturated heterocycles. The van der Waals surface area contributed by atoms with Crippen LogP contribution in [0.4, 0.5) is 4.79 Å². The first kappa shape index (κ1) is 22.9. The van der Waals surface area contributed by atoms with Crippen molar-refractivity contribution in [2.24, 2.45) is 5.92 Å². The number of amides is 2. The Morgan fingerprint density at radius 2 is 1.78 bits per heavy atom. The first-order valence-electron chi connectivity index (χ1n) is 10.1. The standard InChI is InChI=1S/C23H35NO3/c1-6-8-9-11-17-21(14-7-2)22(25)24(23(26)27-18(3)4)19(5)20-15-12-10-13-16-20/h7,10,12-13,15-16,18-19,21H,2,6,8-9,11,14,17H2,1,3-5H3/t19-,21?/m1/s1. The summed E-state index contributed by atoms with van der Waals surface area (Å²) in [5.74, 6) is -0.418. The second kappa shape index (κ2) is 12.3. The average Bonchev–Trinajstić information content (AvgIpc) is 2.64. The number of benzene rings is 1. The molecule has 1 aromatic carbocycles. The van der Waals surface area contributed by atoms with Crippen LogP contribution in [0.2, 0.25) is 0 Å². The van der Waals surface area contributed by atoms with Crippen LogP contribution in [-0.2, 0) is 9.53 Å². The predicted molar refractivity (Wildman–Crippen MR) is 110 cm³/mol. The van der Waals surface area contributed by atoms with Gasteiger partial charge in [0.2, 0.25) is 5.91 Å². The third kappa shape index (κ3) is 7.58. The van der Waals surface area contributed by atoms with E-state index in [0.29, 0.717) is 6.42 Å². The van der Waals surface area contributed by atoms with Crippen LogP contribution in [0.5, 0.6) is 0 Å². The smallest absolute Gasteiger partial charge is 0.417 e. The maximum Gasteiger partial charge on any atom is 0.417 e. The maximum atomic E-state index is 13.3. The normalized spacial score (nSPS) is 13.1. The first-order chi connectivity index (χ1) is 12.9. The molecule has 0 heterocycles. The quantitative estimate of drug-likeness (QED) is 0.338. The van der Waals surface area contributed by atoms with Crippen LogP contribution in [-0.4, -0.2) is 23.0 Å². The van der Waals surface area contributed by atoms with Crippen LogP contribution in [0, 0.1) is 5.92 Å². The Hall–Kier alpha value is -2.10. The summed E-state index contributed by atoms with van der Waals surface area (Å²) >= 11 is 0. The molecule has 0 N–H and O–H groups in total. The molecule has 0 aliphatic rings. The molecule has 0 spiro atoms. The molecule has 4 nitrogen and oxygen atoms in total. The Morgan fingerprint density at radius 3 is 2.33 bits per heavy atom. The van der Waals surface area contributed by atoms with Crippen LogP contribution in [0.25, 0.3) is 0 Å². The largest absolute Gasteiger partial charge is 0.446 e. The number of carbonyl (C=O) groups excluding carboxylic acids is 2. The number of hydrogen-bond acceptors (Lipinski definition) is 3. The van der Waals surface area contributed by atoms with Crippen LogP contribution >= 0.6 is 0 Å². The van der Waals surface area contributed by atoms with Gasteiger partial charge in [-0.15, -0.1) is 6.58 Å². The minimum Gasteiger partial charge on any atom is -0.446 e. The molecule has 0 radical (unpaired) electrons. The molecule has 1 aromatic rings. The van der Waals surface area contributed by atoms with Crippen molar-refractivity contribution in [3.05, 3.63) is 48.6 Å². The fourth-order valence-electron chi connectivity index (χ4n) is 3.14. The van der Waals surface area contributed by atoms with Gasteiger partial charge in [-0.2, -0.15) is 0 Å². The number of hydrogen-bond donors (Lipinski definition) is 0. The highest BCUT2D eigenvalue weighted by Crippen LogP contribution is 2.27. The molecule has 27 heavy (non-hydrogen) atoms. The fraction of sp³-hybridized carbons (Fsp3) is 0.565. The van der Waals surface area contributed by atoms with E-state index in [0.717, 1.165) is 37.7 Å². The van der Waals surface area contributed by atoms with Crippen LogP contribution in [0.3, 0.4) is 0 Å². The summed E-state index contributed by atoms with van der Waals surface area (Å²) in [6.45, 7) is 11.4. The van der Waals surface area contributed by atoms with E-state index in [9.17, 15) is 9.59 Å². The molecule has 2 amide bonds. The van der Waals surface area contributed by atoms with Gasteiger partial charge in [0.25, 0.3) is 0 Å². The fourth-order valence-corrected chi connectivity index (χ4v) is 3.14. The monoisotopic (exact) mass is 373 g/mol. The van der Waals surface area contributed by atoms with Crippen molar-refractivity contribution >= 4 is 12.0 Å². The zero-order chi connectivity index (χ0) is 20.2. The lowest BCUT2D eigenvalue weighted by atomic mass is 9.94. The van der Waals surface area contributed by atoms with E-state index in [4.69, 9.17) is 4.74 Å². The molecule has 2 atom stereocenters. The van der Waals surface area contributed by atoms with Crippen molar-refractivity contribution in [3.63, 3.8) is 0 Å². The zero-order valence-corrected chi connectivity index (χ0v) is 17.3. The Bertz CT molecular complexity index is 583. The highest BCUT2D eigenvalue weighted by atomic mass is 16.6. The van der Waals surface area contributed by atoms with Gasteiger partial charge < -0.3 is 4.74 Å². The molecule has 0 bridgehead atoms. The minimum atomic E-state index is -0.575. The van der Waals surface area contributed by atoms with Crippen LogP contribution < -0.4 is 0 Å². The summed E-state index contributed by atoms with van der Waals surface area (Å²) < 4.78 is 5.39. The molecule has 0 fully saturated rings.